The minimum atomic E-state index is -0.308. The standard InChI is InChI=1S/C25H21N3O4/c1-17-14-23(29)28-25(26-17)18-6-5-7-19(15-18)27-24(30)16-31-20-10-12-22(13-11-20)32-21-8-3-2-4-9-21/h2-15H,16H2,1H3,(H,27,30)(H,26,28,29). The average molecular weight is 427 g/mol. The highest BCUT2D eigenvalue weighted by atomic mass is 16.5. The summed E-state index contributed by atoms with van der Waals surface area (Å²) in [6.07, 6.45) is 0. The molecule has 0 aliphatic rings. The van der Waals surface area contributed by atoms with Gasteiger partial charge in [0.25, 0.3) is 11.5 Å². The number of nitrogens with one attached hydrogen (secondary N) is 2. The molecule has 0 unspecified atom stereocenters. The third-order valence-corrected chi connectivity index (χ3v) is 4.46. The van der Waals surface area contributed by atoms with Gasteiger partial charge < -0.3 is 19.8 Å². The summed E-state index contributed by atoms with van der Waals surface area (Å²) < 4.78 is 11.3. The lowest BCUT2D eigenvalue weighted by Crippen LogP contribution is -2.20. The van der Waals surface area contributed by atoms with Gasteiger partial charge in [-0.25, -0.2) is 4.98 Å². The van der Waals surface area contributed by atoms with E-state index < -0.39 is 0 Å². The van der Waals surface area contributed by atoms with Crippen molar-refractivity contribution in [1.82, 2.24) is 9.97 Å². The van der Waals surface area contributed by atoms with Crippen LogP contribution in [0.5, 0.6) is 17.2 Å². The van der Waals surface area contributed by atoms with Crippen molar-refractivity contribution < 1.29 is 14.3 Å². The first kappa shape index (κ1) is 20.9. The fourth-order valence-electron chi connectivity index (χ4n) is 3.03. The Morgan fingerprint density at radius 1 is 0.906 bits per heavy atom. The van der Waals surface area contributed by atoms with E-state index >= 15 is 0 Å². The molecule has 0 aliphatic heterocycles. The molecule has 0 saturated heterocycles. The highest BCUT2D eigenvalue weighted by Gasteiger charge is 2.07. The van der Waals surface area contributed by atoms with Gasteiger partial charge in [-0.15, -0.1) is 0 Å². The molecular weight excluding hydrogens is 406 g/mol. The van der Waals surface area contributed by atoms with Crippen molar-refractivity contribution >= 4 is 11.6 Å². The number of amides is 1. The van der Waals surface area contributed by atoms with Gasteiger partial charge in [-0.05, 0) is 55.5 Å². The Labute approximate surface area is 184 Å². The monoisotopic (exact) mass is 427 g/mol. The number of hydrogen-bond donors (Lipinski definition) is 2. The third-order valence-electron chi connectivity index (χ3n) is 4.46. The lowest BCUT2D eigenvalue weighted by atomic mass is 10.2. The normalized spacial score (nSPS) is 10.4. The van der Waals surface area contributed by atoms with Crippen molar-refractivity contribution in [2.24, 2.45) is 0 Å². The van der Waals surface area contributed by atoms with Crippen molar-refractivity contribution in [3.8, 4) is 28.6 Å². The van der Waals surface area contributed by atoms with E-state index in [4.69, 9.17) is 9.47 Å². The predicted molar refractivity (Wildman–Crippen MR) is 122 cm³/mol. The largest absolute Gasteiger partial charge is 0.484 e. The summed E-state index contributed by atoms with van der Waals surface area (Å²) >= 11 is 0. The van der Waals surface area contributed by atoms with Crippen LogP contribution in [0.2, 0.25) is 0 Å². The number of H-pyrrole nitrogens is 1. The summed E-state index contributed by atoms with van der Waals surface area (Å²) in [5.41, 5.74) is 1.66. The van der Waals surface area contributed by atoms with Crippen molar-refractivity contribution in [3.05, 3.63) is 101 Å². The molecule has 1 heterocycles. The first-order valence-electron chi connectivity index (χ1n) is 9.99. The molecule has 32 heavy (non-hydrogen) atoms. The SMILES string of the molecule is Cc1cc(=O)[nH]c(-c2cccc(NC(=O)COc3ccc(Oc4ccccc4)cc3)c2)n1. The van der Waals surface area contributed by atoms with Gasteiger partial charge in [0.1, 0.15) is 23.1 Å². The number of nitrogens with zero attached hydrogens (tertiary/aromatic N) is 1. The van der Waals surface area contributed by atoms with Crippen molar-refractivity contribution in [2.45, 2.75) is 6.92 Å². The van der Waals surface area contributed by atoms with Gasteiger partial charge in [-0.2, -0.15) is 0 Å². The third kappa shape index (κ3) is 5.60. The average Bonchev–Trinajstić information content (AvgIpc) is 2.79. The Kier molecular flexibility index (Phi) is 6.27. The summed E-state index contributed by atoms with van der Waals surface area (Å²) in [6.45, 7) is 1.60. The lowest BCUT2D eigenvalue weighted by Gasteiger charge is -2.10. The number of benzene rings is 3. The van der Waals surface area contributed by atoms with Crippen LogP contribution < -0.4 is 20.3 Å². The number of anilines is 1. The van der Waals surface area contributed by atoms with Crippen LogP contribution in [0.15, 0.2) is 89.7 Å². The molecule has 0 saturated carbocycles. The van der Waals surface area contributed by atoms with E-state index in [9.17, 15) is 9.59 Å². The van der Waals surface area contributed by atoms with Crippen LogP contribution in [0.3, 0.4) is 0 Å². The van der Waals surface area contributed by atoms with Crippen LogP contribution in [-0.4, -0.2) is 22.5 Å². The van der Waals surface area contributed by atoms with Gasteiger partial charge in [0.15, 0.2) is 6.61 Å². The Bertz CT molecular complexity index is 1270. The number of aromatic amines is 1. The molecule has 0 spiro atoms. The van der Waals surface area contributed by atoms with Crippen molar-refractivity contribution in [3.63, 3.8) is 0 Å². The van der Waals surface area contributed by atoms with Crippen LogP contribution >= 0.6 is 0 Å². The molecule has 160 valence electrons. The van der Waals surface area contributed by atoms with Crippen LogP contribution in [-0.2, 0) is 4.79 Å². The Morgan fingerprint density at radius 3 is 2.38 bits per heavy atom. The van der Waals surface area contributed by atoms with Gasteiger partial charge in [0.05, 0.1) is 0 Å². The maximum atomic E-state index is 12.3. The second-order valence-corrected chi connectivity index (χ2v) is 7.04. The second-order valence-electron chi connectivity index (χ2n) is 7.04. The first-order chi connectivity index (χ1) is 15.5. The molecule has 0 bridgehead atoms. The van der Waals surface area contributed by atoms with Crippen LogP contribution in [0, 0.1) is 6.92 Å². The van der Waals surface area contributed by atoms with E-state index in [0.717, 1.165) is 5.75 Å². The molecule has 0 atom stereocenters. The number of aryl methyl sites for hydroxylation is 1. The van der Waals surface area contributed by atoms with E-state index in [0.29, 0.717) is 34.3 Å². The fraction of sp³-hybridized carbons (Fsp3) is 0.0800. The highest BCUT2D eigenvalue weighted by molar-refractivity contribution is 5.92. The predicted octanol–water partition coefficient (Wildman–Crippen LogP) is 4.56. The number of para-hydroxylation sites is 1. The number of aromatic nitrogens is 2. The van der Waals surface area contributed by atoms with E-state index in [-0.39, 0.29) is 18.1 Å². The minimum Gasteiger partial charge on any atom is -0.484 e. The molecule has 0 aliphatic carbocycles. The zero-order chi connectivity index (χ0) is 22.3. The van der Waals surface area contributed by atoms with Crippen LogP contribution in [0.4, 0.5) is 5.69 Å². The maximum Gasteiger partial charge on any atom is 0.262 e. The second kappa shape index (κ2) is 9.61. The van der Waals surface area contributed by atoms with Crippen molar-refractivity contribution in [1.29, 1.82) is 0 Å². The Morgan fingerprint density at radius 2 is 1.62 bits per heavy atom. The zero-order valence-corrected chi connectivity index (χ0v) is 17.4. The summed E-state index contributed by atoms with van der Waals surface area (Å²) in [5, 5.41) is 2.79. The molecule has 0 fully saturated rings. The Balaban J connectivity index is 1.33. The van der Waals surface area contributed by atoms with Gasteiger partial charge in [0, 0.05) is 23.0 Å². The summed E-state index contributed by atoms with van der Waals surface area (Å²) in [7, 11) is 0. The van der Waals surface area contributed by atoms with Gasteiger partial charge in [-0.1, -0.05) is 30.3 Å². The number of hydrogen-bond acceptors (Lipinski definition) is 5. The van der Waals surface area contributed by atoms with Gasteiger partial charge in [-0.3, -0.25) is 9.59 Å². The topological polar surface area (TPSA) is 93.3 Å². The summed E-state index contributed by atoms with van der Waals surface area (Å²) in [5.74, 6) is 2.11. The first-order valence-corrected chi connectivity index (χ1v) is 9.99. The van der Waals surface area contributed by atoms with E-state index in [1.165, 1.54) is 6.07 Å². The number of carbonyl (C=O) groups is 1. The number of carbonyl (C=O) groups excluding carboxylic acids is 1. The minimum absolute atomic E-state index is 0.150. The van der Waals surface area contributed by atoms with Gasteiger partial charge >= 0.3 is 0 Å². The van der Waals surface area contributed by atoms with Crippen LogP contribution in [0.25, 0.3) is 11.4 Å². The van der Waals surface area contributed by atoms with E-state index in [1.807, 2.05) is 36.4 Å². The fourth-order valence-corrected chi connectivity index (χ4v) is 3.03. The van der Waals surface area contributed by atoms with Gasteiger partial charge in [0.2, 0.25) is 0 Å². The van der Waals surface area contributed by atoms with E-state index in [2.05, 4.69) is 15.3 Å². The Hall–Kier alpha value is -4.39. The van der Waals surface area contributed by atoms with E-state index in [1.54, 1.807) is 49.4 Å². The van der Waals surface area contributed by atoms with Crippen LogP contribution in [0.1, 0.15) is 5.69 Å². The molecule has 1 aromatic heterocycles. The number of ether oxygens (including phenoxy) is 2. The number of rotatable bonds is 7. The molecule has 2 N–H and O–H groups in total. The highest BCUT2D eigenvalue weighted by Crippen LogP contribution is 2.23. The van der Waals surface area contributed by atoms with Crippen molar-refractivity contribution in [2.75, 3.05) is 11.9 Å². The zero-order valence-electron chi connectivity index (χ0n) is 17.4. The quantitative estimate of drug-likeness (QED) is 0.451. The molecule has 0 radical (unpaired) electrons. The summed E-state index contributed by atoms with van der Waals surface area (Å²) in [6, 6.07) is 25.0. The molecule has 3 aromatic carbocycles. The summed E-state index contributed by atoms with van der Waals surface area (Å²) in [4.78, 5) is 31.0. The molecule has 7 heteroatoms. The molecular formula is C25H21N3O4. The molecule has 4 rings (SSSR count). The molecule has 7 nitrogen and oxygen atoms in total. The lowest BCUT2D eigenvalue weighted by molar-refractivity contribution is -0.118. The smallest absolute Gasteiger partial charge is 0.262 e. The molecule has 4 aromatic rings. The molecule has 1 amide bonds. The maximum absolute atomic E-state index is 12.3.